The lowest BCUT2D eigenvalue weighted by Crippen LogP contribution is -2.24. The van der Waals surface area contributed by atoms with E-state index >= 15 is 0 Å². The minimum absolute atomic E-state index is 0.0194. The number of nitrogens with one attached hydrogen (secondary N) is 2. The lowest BCUT2D eigenvalue weighted by Gasteiger charge is -2.07. The SMILES string of the molecule is O=C(Nc1csc(-c2ccc(Cl)c(Cl)c2)n1)[C@H]1CCNC1. The quantitative estimate of drug-likeness (QED) is 0.895. The van der Waals surface area contributed by atoms with Gasteiger partial charge in [0, 0.05) is 17.5 Å². The minimum atomic E-state index is 0.0194. The van der Waals surface area contributed by atoms with Crippen molar-refractivity contribution < 1.29 is 4.79 Å². The summed E-state index contributed by atoms with van der Waals surface area (Å²) in [4.78, 5) is 16.5. The summed E-state index contributed by atoms with van der Waals surface area (Å²) in [6.45, 7) is 1.62. The molecule has 3 rings (SSSR count). The molecule has 1 aromatic carbocycles. The number of hydrogen-bond acceptors (Lipinski definition) is 4. The fraction of sp³-hybridized carbons (Fsp3) is 0.286. The summed E-state index contributed by atoms with van der Waals surface area (Å²) in [7, 11) is 0. The molecule has 110 valence electrons. The van der Waals surface area contributed by atoms with Crippen molar-refractivity contribution >= 4 is 46.3 Å². The van der Waals surface area contributed by atoms with Crippen molar-refractivity contribution in [2.24, 2.45) is 5.92 Å². The molecule has 0 radical (unpaired) electrons. The van der Waals surface area contributed by atoms with Crippen LogP contribution in [0.15, 0.2) is 23.6 Å². The summed E-state index contributed by atoms with van der Waals surface area (Å²) >= 11 is 13.4. The van der Waals surface area contributed by atoms with Crippen molar-refractivity contribution in [1.29, 1.82) is 0 Å². The van der Waals surface area contributed by atoms with Crippen LogP contribution in [-0.2, 0) is 4.79 Å². The Bertz CT molecular complexity index is 668. The highest BCUT2D eigenvalue weighted by Gasteiger charge is 2.23. The molecule has 1 aromatic heterocycles. The maximum absolute atomic E-state index is 12.0. The Kier molecular flexibility index (Phi) is 4.45. The van der Waals surface area contributed by atoms with Crippen LogP contribution in [0.2, 0.25) is 10.0 Å². The summed E-state index contributed by atoms with van der Waals surface area (Å²) in [6.07, 6.45) is 0.871. The molecule has 0 aliphatic carbocycles. The van der Waals surface area contributed by atoms with E-state index in [1.54, 1.807) is 12.1 Å². The first-order chi connectivity index (χ1) is 10.1. The van der Waals surface area contributed by atoms with E-state index in [4.69, 9.17) is 23.2 Å². The zero-order valence-electron chi connectivity index (χ0n) is 11.0. The van der Waals surface area contributed by atoms with E-state index in [1.807, 2.05) is 11.4 Å². The van der Waals surface area contributed by atoms with E-state index in [0.29, 0.717) is 15.9 Å². The summed E-state index contributed by atoms with van der Waals surface area (Å²) in [5, 5.41) is 9.67. The van der Waals surface area contributed by atoms with Crippen LogP contribution in [0.5, 0.6) is 0 Å². The summed E-state index contributed by atoms with van der Waals surface area (Å²) in [6, 6.07) is 5.37. The van der Waals surface area contributed by atoms with Gasteiger partial charge in [-0.1, -0.05) is 29.3 Å². The fourth-order valence-corrected chi connectivity index (χ4v) is 3.25. The predicted molar refractivity (Wildman–Crippen MR) is 87.2 cm³/mol. The Morgan fingerprint density at radius 2 is 2.24 bits per heavy atom. The van der Waals surface area contributed by atoms with Crippen LogP contribution in [0.25, 0.3) is 10.6 Å². The largest absolute Gasteiger partial charge is 0.316 e. The van der Waals surface area contributed by atoms with Crippen molar-refractivity contribution in [3.63, 3.8) is 0 Å². The first-order valence-electron chi connectivity index (χ1n) is 6.56. The molecule has 1 aliphatic heterocycles. The van der Waals surface area contributed by atoms with Crippen LogP contribution in [0.3, 0.4) is 0 Å². The molecule has 0 unspecified atom stereocenters. The first kappa shape index (κ1) is 14.8. The summed E-state index contributed by atoms with van der Waals surface area (Å²) in [5.41, 5.74) is 0.887. The van der Waals surface area contributed by atoms with Crippen LogP contribution in [0.4, 0.5) is 5.82 Å². The second kappa shape index (κ2) is 6.32. The number of carbonyl (C=O) groups is 1. The molecule has 4 nitrogen and oxygen atoms in total. The minimum Gasteiger partial charge on any atom is -0.316 e. The molecule has 7 heteroatoms. The molecule has 0 bridgehead atoms. The van der Waals surface area contributed by atoms with Gasteiger partial charge in [0.2, 0.25) is 5.91 Å². The fourth-order valence-electron chi connectivity index (χ4n) is 2.20. The molecule has 1 aliphatic rings. The molecule has 1 saturated heterocycles. The van der Waals surface area contributed by atoms with E-state index in [1.165, 1.54) is 11.3 Å². The van der Waals surface area contributed by atoms with Crippen molar-refractivity contribution in [2.45, 2.75) is 6.42 Å². The van der Waals surface area contributed by atoms with Crippen molar-refractivity contribution in [2.75, 3.05) is 18.4 Å². The van der Waals surface area contributed by atoms with Crippen LogP contribution in [0, 0.1) is 5.92 Å². The Labute approximate surface area is 136 Å². The number of amides is 1. The molecule has 2 heterocycles. The second-order valence-electron chi connectivity index (χ2n) is 4.85. The number of thiazole rings is 1. The van der Waals surface area contributed by atoms with E-state index in [9.17, 15) is 4.79 Å². The van der Waals surface area contributed by atoms with E-state index in [2.05, 4.69) is 15.6 Å². The smallest absolute Gasteiger partial charge is 0.229 e. The molecule has 1 fully saturated rings. The number of carbonyl (C=O) groups excluding carboxylic acids is 1. The van der Waals surface area contributed by atoms with E-state index in [-0.39, 0.29) is 11.8 Å². The third-order valence-electron chi connectivity index (χ3n) is 3.35. The molecular weight excluding hydrogens is 329 g/mol. The number of hydrogen-bond donors (Lipinski definition) is 2. The highest BCUT2D eigenvalue weighted by Crippen LogP contribution is 2.31. The van der Waals surface area contributed by atoms with Crippen molar-refractivity contribution in [3.8, 4) is 10.6 Å². The number of rotatable bonds is 3. The molecule has 0 spiro atoms. The molecule has 21 heavy (non-hydrogen) atoms. The molecular formula is C14H13Cl2N3OS. The van der Waals surface area contributed by atoms with Gasteiger partial charge in [-0.05, 0) is 25.1 Å². The Balaban J connectivity index is 1.73. The van der Waals surface area contributed by atoms with Gasteiger partial charge in [-0.2, -0.15) is 0 Å². The van der Waals surface area contributed by atoms with E-state index < -0.39 is 0 Å². The Morgan fingerprint density at radius 1 is 1.38 bits per heavy atom. The molecule has 1 amide bonds. The van der Waals surface area contributed by atoms with Crippen LogP contribution < -0.4 is 10.6 Å². The Morgan fingerprint density at radius 3 is 2.95 bits per heavy atom. The topological polar surface area (TPSA) is 54.0 Å². The lowest BCUT2D eigenvalue weighted by molar-refractivity contribution is -0.119. The van der Waals surface area contributed by atoms with Gasteiger partial charge in [0.05, 0.1) is 16.0 Å². The maximum Gasteiger partial charge on any atom is 0.229 e. The van der Waals surface area contributed by atoms with Gasteiger partial charge in [0.1, 0.15) is 10.8 Å². The number of nitrogens with zero attached hydrogens (tertiary/aromatic N) is 1. The third-order valence-corrected chi connectivity index (χ3v) is 4.98. The highest BCUT2D eigenvalue weighted by molar-refractivity contribution is 7.13. The van der Waals surface area contributed by atoms with Gasteiger partial charge in [-0.15, -0.1) is 11.3 Å². The third kappa shape index (κ3) is 3.37. The van der Waals surface area contributed by atoms with Crippen LogP contribution in [-0.4, -0.2) is 24.0 Å². The standard InChI is InChI=1S/C14H13Cl2N3OS/c15-10-2-1-8(5-11(10)16)14-19-12(7-21-14)18-13(20)9-3-4-17-6-9/h1-2,5,7,9,17H,3-4,6H2,(H,18,20)/t9-/m0/s1. The zero-order chi connectivity index (χ0) is 14.8. The first-order valence-corrected chi connectivity index (χ1v) is 8.19. The van der Waals surface area contributed by atoms with Crippen LogP contribution >= 0.6 is 34.5 Å². The lowest BCUT2D eigenvalue weighted by atomic mass is 10.1. The number of anilines is 1. The zero-order valence-corrected chi connectivity index (χ0v) is 13.4. The van der Waals surface area contributed by atoms with Gasteiger partial charge in [-0.3, -0.25) is 4.79 Å². The second-order valence-corrected chi connectivity index (χ2v) is 6.52. The maximum atomic E-state index is 12.0. The van der Waals surface area contributed by atoms with Crippen molar-refractivity contribution in [3.05, 3.63) is 33.6 Å². The average Bonchev–Trinajstić information content (AvgIpc) is 3.12. The average molecular weight is 342 g/mol. The highest BCUT2D eigenvalue weighted by atomic mass is 35.5. The van der Waals surface area contributed by atoms with Gasteiger partial charge in [-0.25, -0.2) is 4.98 Å². The summed E-state index contributed by atoms with van der Waals surface area (Å²) in [5.74, 6) is 0.629. The normalized spacial score (nSPS) is 17.9. The Hall–Kier alpha value is -1.14. The number of aromatic nitrogens is 1. The molecule has 0 saturated carbocycles. The molecule has 1 atom stereocenters. The monoisotopic (exact) mass is 341 g/mol. The van der Waals surface area contributed by atoms with Gasteiger partial charge >= 0.3 is 0 Å². The molecule has 2 aromatic rings. The number of halogens is 2. The predicted octanol–water partition coefficient (Wildman–Crippen LogP) is 3.66. The molecule has 2 N–H and O–H groups in total. The van der Waals surface area contributed by atoms with Crippen LogP contribution in [0.1, 0.15) is 6.42 Å². The summed E-state index contributed by atoms with van der Waals surface area (Å²) < 4.78 is 0. The van der Waals surface area contributed by atoms with Gasteiger partial charge in [0.25, 0.3) is 0 Å². The number of benzene rings is 1. The van der Waals surface area contributed by atoms with Gasteiger partial charge < -0.3 is 10.6 Å². The van der Waals surface area contributed by atoms with E-state index in [0.717, 1.165) is 30.1 Å². The van der Waals surface area contributed by atoms with Crippen molar-refractivity contribution in [1.82, 2.24) is 10.3 Å². The van der Waals surface area contributed by atoms with Gasteiger partial charge in [0.15, 0.2) is 0 Å².